The molecular formula is C15H16ClN3O2S. The van der Waals surface area contributed by atoms with Crippen LogP contribution >= 0.6 is 22.9 Å². The average molecular weight is 338 g/mol. The van der Waals surface area contributed by atoms with Crippen LogP contribution in [0.25, 0.3) is 0 Å². The second kappa shape index (κ2) is 6.54. The number of rotatable bonds is 3. The molecule has 1 aliphatic heterocycles. The number of nitrogens with one attached hydrogen (secondary N) is 1. The standard InChI is InChI=1S/C15H16ClN3O2S/c16-13-2-1-12(22-13)10-15(21)19-7-5-18(6-8-19)14-9-11(20)3-4-17-14/h1-4,9H,5-8,10H2,(H,17,20). The van der Waals surface area contributed by atoms with Crippen LogP contribution in [0.5, 0.6) is 0 Å². The summed E-state index contributed by atoms with van der Waals surface area (Å²) in [5, 5.41) is 0. The van der Waals surface area contributed by atoms with E-state index in [1.54, 1.807) is 12.3 Å². The highest BCUT2D eigenvalue weighted by Crippen LogP contribution is 2.22. The van der Waals surface area contributed by atoms with Gasteiger partial charge in [0, 0.05) is 49.4 Å². The topological polar surface area (TPSA) is 56.4 Å². The Morgan fingerprint density at radius 1 is 1.23 bits per heavy atom. The lowest BCUT2D eigenvalue weighted by Crippen LogP contribution is -2.49. The molecule has 2 aromatic rings. The maximum absolute atomic E-state index is 12.3. The van der Waals surface area contributed by atoms with E-state index in [1.165, 1.54) is 17.4 Å². The van der Waals surface area contributed by atoms with Gasteiger partial charge in [-0.1, -0.05) is 11.6 Å². The zero-order valence-corrected chi connectivity index (χ0v) is 13.5. The Morgan fingerprint density at radius 3 is 2.64 bits per heavy atom. The molecule has 1 fully saturated rings. The third-order valence-electron chi connectivity index (χ3n) is 3.69. The predicted molar refractivity (Wildman–Crippen MR) is 88.9 cm³/mol. The molecule has 116 valence electrons. The molecule has 2 aromatic heterocycles. The summed E-state index contributed by atoms with van der Waals surface area (Å²) in [4.78, 5) is 31.7. The van der Waals surface area contributed by atoms with Gasteiger partial charge in [0.1, 0.15) is 5.82 Å². The maximum Gasteiger partial charge on any atom is 0.227 e. The summed E-state index contributed by atoms with van der Waals surface area (Å²) in [7, 11) is 0. The van der Waals surface area contributed by atoms with Gasteiger partial charge in [-0.15, -0.1) is 11.3 Å². The van der Waals surface area contributed by atoms with Crippen molar-refractivity contribution in [1.29, 1.82) is 0 Å². The zero-order chi connectivity index (χ0) is 15.5. The second-order valence-corrected chi connectivity index (χ2v) is 6.96. The van der Waals surface area contributed by atoms with Crippen LogP contribution in [-0.4, -0.2) is 42.0 Å². The Kier molecular flexibility index (Phi) is 4.49. The number of piperazine rings is 1. The average Bonchev–Trinajstić information content (AvgIpc) is 2.92. The molecule has 0 aromatic carbocycles. The number of halogens is 1. The van der Waals surface area contributed by atoms with Crippen LogP contribution in [0.4, 0.5) is 5.82 Å². The minimum Gasteiger partial charge on any atom is -0.355 e. The van der Waals surface area contributed by atoms with Crippen molar-refractivity contribution < 1.29 is 4.79 Å². The molecule has 5 nitrogen and oxygen atoms in total. The third kappa shape index (κ3) is 3.51. The van der Waals surface area contributed by atoms with Crippen LogP contribution in [0.2, 0.25) is 4.34 Å². The van der Waals surface area contributed by atoms with Crippen molar-refractivity contribution in [1.82, 2.24) is 9.88 Å². The molecule has 0 saturated carbocycles. The van der Waals surface area contributed by atoms with E-state index in [0.29, 0.717) is 23.8 Å². The van der Waals surface area contributed by atoms with E-state index in [9.17, 15) is 9.59 Å². The lowest BCUT2D eigenvalue weighted by atomic mass is 10.2. The third-order valence-corrected chi connectivity index (χ3v) is 4.92. The zero-order valence-electron chi connectivity index (χ0n) is 11.9. The smallest absolute Gasteiger partial charge is 0.227 e. The van der Waals surface area contributed by atoms with Gasteiger partial charge in [-0.05, 0) is 12.1 Å². The normalized spacial score (nSPS) is 15.1. The van der Waals surface area contributed by atoms with Crippen LogP contribution in [0.3, 0.4) is 0 Å². The Bertz CT molecular complexity index is 719. The number of H-pyrrole nitrogens is 1. The SMILES string of the molecule is O=C(Cc1ccc(Cl)s1)N1CCN(c2cc(=O)cc[nH]2)CC1. The Morgan fingerprint density at radius 2 is 2.00 bits per heavy atom. The summed E-state index contributed by atoms with van der Waals surface area (Å²) in [6.07, 6.45) is 2.05. The Balaban J connectivity index is 1.57. The fraction of sp³-hybridized carbons (Fsp3) is 0.333. The minimum atomic E-state index is -0.0122. The molecule has 3 heterocycles. The number of thiophene rings is 1. The van der Waals surface area contributed by atoms with Gasteiger partial charge in [0.15, 0.2) is 5.43 Å². The van der Waals surface area contributed by atoms with Crippen molar-refractivity contribution in [3.63, 3.8) is 0 Å². The molecule has 1 amide bonds. The van der Waals surface area contributed by atoms with E-state index in [4.69, 9.17) is 11.6 Å². The number of aromatic amines is 1. The quantitative estimate of drug-likeness (QED) is 0.931. The van der Waals surface area contributed by atoms with Gasteiger partial charge in [-0.25, -0.2) is 0 Å². The first-order chi connectivity index (χ1) is 10.6. The highest BCUT2D eigenvalue weighted by Gasteiger charge is 2.22. The van der Waals surface area contributed by atoms with Crippen molar-refractivity contribution in [3.05, 3.63) is 49.9 Å². The molecule has 0 bridgehead atoms. The van der Waals surface area contributed by atoms with Crippen molar-refractivity contribution in [2.75, 3.05) is 31.1 Å². The van der Waals surface area contributed by atoms with Crippen molar-refractivity contribution in [2.45, 2.75) is 6.42 Å². The highest BCUT2D eigenvalue weighted by atomic mass is 35.5. The molecule has 0 spiro atoms. The van der Waals surface area contributed by atoms with Crippen molar-refractivity contribution in [3.8, 4) is 0 Å². The van der Waals surface area contributed by atoms with Gasteiger partial charge in [0.2, 0.25) is 5.91 Å². The fourth-order valence-electron chi connectivity index (χ4n) is 2.52. The number of aromatic nitrogens is 1. The maximum atomic E-state index is 12.3. The number of amides is 1. The molecular weight excluding hydrogens is 322 g/mol. The van der Waals surface area contributed by atoms with Crippen molar-refractivity contribution in [2.24, 2.45) is 0 Å². The summed E-state index contributed by atoms with van der Waals surface area (Å²) >= 11 is 7.33. The molecule has 0 aliphatic carbocycles. The number of carbonyl (C=O) groups excluding carboxylic acids is 1. The summed E-state index contributed by atoms with van der Waals surface area (Å²) in [5.74, 6) is 0.935. The first-order valence-corrected chi connectivity index (χ1v) is 8.27. The Labute approximate surface area is 137 Å². The molecule has 0 radical (unpaired) electrons. The van der Waals surface area contributed by atoms with Gasteiger partial charge in [0.05, 0.1) is 10.8 Å². The lowest BCUT2D eigenvalue weighted by Gasteiger charge is -2.35. The van der Waals surface area contributed by atoms with Crippen molar-refractivity contribution >= 4 is 34.7 Å². The molecule has 1 N–H and O–H groups in total. The number of nitrogens with zero attached hydrogens (tertiary/aromatic N) is 2. The van der Waals surface area contributed by atoms with E-state index in [1.807, 2.05) is 17.0 Å². The lowest BCUT2D eigenvalue weighted by molar-refractivity contribution is -0.130. The van der Waals surface area contributed by atoms with E-state index >= 15 is 0 Å². The number of pyridine rings is 1. The number of hydrogen-bond donors (Lipinski definition) is 1. The van der Waals surface area contributed by atoms with Crippen LogP contribution in [0.15, 0.2) is 35.3 Å². The Hall–Kier alpha value is -1.79. The van der Waals surface area contributed by atoms with Crippen LogP contribution in [0.1, 0.15) is 4.88 Å². The summed E-state index contributed by atoms with van der Waals surface area (Å²) in [6, 6.07) is 6.80. The fourth-order valence-corrected chi connectivity index (χ4v) is 3.60. The van der Waals surface area contributed by atoms with Crippen LogP contribution in [0, 0.1) is 0 Å². The first-order valence-electron chi connectivity index (χ1n) is 7.07. The van der Waals surface area contributed by atoms with E-state index in [-0.39, 0.29) is 11.3 Å². The first kappa shape index (κ1) is 15.1. The van der Waals surface area contributed by atoms with E-state index < -0.39 is 0 Å². The molecule has 1 aliphatic rings. The van der Waals surface area contributed by atoms with Gasteiger partial charge in [-0.3, -0.25) is 9.59 Å². The molecule has 0 atom stereocenters. The molecule has 22 heavy (non-hydrogen) atoms. The van der Waals surface area contributed by atoms with Gasteiger partial charge in [0.25, 0.3) is 0 Å². The van der Waals surface area contributed by atoms with Gasteiger partial charge < -0.3 is 14.8 Å². The van der Waals surface area contributed by atoms with Gasteiger partial charge in [-0.2, -0.15) is 0 Å². The number of carbonyl (C=O) groups is 1. The number of anilines is 1. The monoisotopic (exact) mass is 337 g/mol. The minimum absolute atomic E-state index is 0.0122. The molecule has 3 rings (SSSR count). The van der Waals surface area contributed by atoms with E-state index in [2.05, 4.69) is 9.88 Å². The summed E-state index contributed by atoms with van der Waals surface area (Å²) < 4.78 is 0.709. The number of hydrogen-bond acceptors (Lipinski definition) is 4. The van der Waals surface area contributed by atoms with E-state index in [0.717, 1.165) is 23.8 Å². The largest absolute Gasteiger partial charge is 0.355 e. The predicted octanol–water partition coefficient (Wildman–Crippen LogP) is 1.98. The van der Waals surface area contributed by atoms with Crippen LogP contribution < -0.4 is 10.3 Å². The molecule has 0 unspecified atom stereocenters. The van der Waals surface area contributed by atoms with Gasteiger partial charge >= 0.3 is 0 Å². The van der Waals surface area contributed by atoms with Crippen LogP contribution in [-0.2, 0) is 11.2 Å². The highest BCUT2D eigenvalue weighted by molar-refractivity contribution is 7.16. The molecule has 7 heteroatoms. The second-order valence-electron chi connectivity index (χ2n) is 5.16. The summed E-state index contributed by atoms with van der Waals surface area (Å²) in [5.41, 5.74) is -0.0122. The summed E-state index contributed by atoms with van der Waals surface area (Å²) in [6.45, 7) is 2.76. The molecule has 1 saturated heterocycles.